The molecule has 1 saturated heterocycles. The standard InChI is InChI=1S/C27H30Cl2N6O4S/c1-2-39-27(36)18-35(40(37,38)23-16-20(28)15-21(29)17-23)22-4-5-24-19(14-22)8-12-34(24)26-7-6-25(31-32-26)33-11-3-9-30-10-13-33/h4-8,12,14-16,23,30H,2-3,9-11,13,17-18H2,1H3. The van der Waals surface area contributed by atoms with Crippen LogP contribution in [0.4, 0.5) is 11.5 Å². The molecule has 1 fully saturated rings. The minimum absolute atomic E-state index is 0.0562. The fraction of sp³-hybridized carbons (Fsp3) is 0.370. The average molecular weight is 606 g/mol. The van der Waals surface area contributed by atoms with Gasteiger partial charge in [0, 0.05) is 47.7 Å². The number of ether oxygens (including phenoxy) is 1. The maximum absolute atomic E-state index is 13.8. The molecule has 1 aliphatic carbocycles. The van der Waals surface area contributed by atoms with Crippen LogP contribution < -0.4 is 14.5 Å². The highest BCUT2D eigenvalue weighted by atomic mass is 35.5. The first kappa shape index (κ1) is 28.4. The minimum Gasteiger partial charge on any atom is -0.465 e. The largest absolute Gasteiger partial charge is 0.465 e. The SMILES string of the molecule is CCOC(=O)CN(c1ccc2c(ccn2-c2ccc(N3CCCNCC3)nn2)c1)S(=O)(=O)C1C=C(Cl)C=C(Cl)C1. The Labute approximate surface area is 243 Å². The van der Waals surface area contributed by atoms with Crippen molar-refractivity contribution in [3.05, 3.63) is 64.8 Å². The van der Waals surface area contributed by atoms with E-state index in [2.05, 4.69) is 20.4 Å². The summed E-state index contributed by atoms with van der Waals surface area (Å²) in [6.45, 7) is 5.02. The molecule has 3 aromatic rings. The molecule has 13 heteroatoms. The van der Waals surface area contributed by atoms with E-state index in [0.29, 0.717) is 16.5 Å². The zero-order valence-electron chi connectivity index (χ0n) is 22.0. The summed E-state index contributed by atoms with van der Waals surface area (Å²) in [5.74, 6) is 0.809. The normalized spacial score (nSPS) is 18.2. The van der Waals surface area contributed by atoms with E-state index in [4.69, 9.17) is 27.9 Å². The van der Waals surface area contributed by atoms with E-state index in [0.717, 1.165) is 53.6 Å². The van der Waals surface area contributed by atoms with Gasteiger partial charge >= 0.3 is 5.97 Å². The van der Waals surface area contributed by atoms with Gasteiger partial charge in [-0.15, -0.1) is 10.2 Å². The van der Waals surface area contributed by atoms with Crippen LogP contribution in [0, 0.1) is 0 Å². The predicted octanol–water partition coefficient (Wildman–Crippen LogP) is 3.94. The summed E-state index contributed by atoms with van der Waals surface area (Å²) in [5.41, 5.74) is 1.13. The molecule has 212 valence electrons. The highest BCUT2D eigenvalue weighted by Gasteiger charge is 2.35. The van der Waals surface area contributed by atoms with Crippen LogP contribution in [0.1, 0.15) is 19.8 Å². The van der Waals surface area contributed by atoms with Gasteiger partial charge in [-0.2, -0.15) is 0 Å². The van der Waals surface area contributed by atoms with E-state index in [1.807, 2.05) is 29.0 Å². The molecule has 2 aliphatic rings. The first-order chi connectivity index (χ1) is 19.3. The maximum atomic E-state index is 13.8. The van der Waals surface area contributed by atoms with Crippen LogP contribution in [-0.4, -0.2) is 73.7 Å². The zero-order chi connectivity index (χ0) is 28.3. The number of nitrogens with one attached hydrogen (secondary N) is 1. The van der Waals surface area contributed by atoms with Gasteiger partial charge in [0.15, 0.2) is 11.6 Å². The van der Waals surface area contributed by atoms with E-state index in [9.17, 15) is 13.2 Å². The van der Waals surface area contributed by atoms with Gasteiger partial charge < -0.3 is 15.0 Å². The Morgan fingerprint density at radius 2 is 1.93 bits per heavy atom. The topological polar surface area (TPSA) is 110 Å². The lowest BCUT2D eigenvalue weighted by Crippen LogP contribution is -2.42. The molecule has 0 radical (unpaired) electrons. The molecular formula is C27H30Cl2N6O4S. The number of rotatable bonds is 8. The molecule has 3 heterocycles. The van der Waals surface area contributed by atoms with Crippen molar-refractivity contribution in [2.45, 2.75) is 25.0 Å². The first-order valence-corrected chi connectivity index (χ1v) is 15.3. The second-order valence-corrected chi connectivity index (χ2v) is 12.5. The van der Waals surface area contributed by atoms with E-state index < -0.39 is 27.8 Å². The van der Waals surface area contributed by atoms with Gasteiger partial charge in [-0.3, -0.25) is 13.7 Å². The number of hydrogen-bond acceptors (Lipinski definition) is 8. The van der Waals surface area contributed by atoms with Crippen molar-refractivity contribution in [3.8, 4) is 5.82 Å². The Morgan fingerprint density at radius 1 is 1.12 bits per heavy atom. The zero-order valence-corrected chi connectivity index (χ0v) is 24.3. The summed E-state index contributed by atoms with van der Waals surface area (Å²) in [6.07, 6.45) is 5.90. The van der Waals surface area contributed by atoms with Gasteiger partial charge in [-0.1, -0.05) is 23.2 Å². The lowest BCUT2D eigenvalue weighted by molar-refractivity contribution is -0.141. The Morgan fingerprint density at radius 3 is 2.67 bits per heavy atom. The quantitative estimate of drug-likeness (QED) is 0.385. The summed E-state index contributed by atoms with van der Waals surface area (Å²) in [7, 11) is -4.08. The lowest BCUT2D eigenvalue weighted by atomic mass is 10.2. The van der Waals surface area contributed by atoms with Gasteiger partial charge in [-0.05, 0) is 68.4 Å². The first-order valence-electron chi connectivity index (χ1n) is 13.1. The highest BCUT2D eigenvalue weighted by Crippen LogP contribution is 2.33. The Bertz CT molecular complexity index is 1550. The number of carbonyl (C=O) groups excluding carboxylic acids is 1. The van der Waals surface area contributed by atoms with Crippen molar-refractivity contribution in [2.75, 3.05) is 48.5 Å². The molecule has 40 heavy (non-hydrogen) atoms. The number of allylic oxidation sites excluding steroid dienone is 3. The number of nitrogens with zero attached hydrogens (tertiary/aromatic N) is 5. The number of benzene rings is 1. The van der Waals surface area contributed by atoms with Crippen LogP contribution in [0.15, 0.2) is 64.8 Å². The van der Waals surface area contributed by atoms with E-state index in [1.165, 1.54) is 12.2 Å². The van der Waals surface area contributed by atoms with E-state index in [1.54, 1.807) is 25.1 Å². The fourth-order valence-electron chi connectivity index (χ4n) is 4.87. The number of aromatic nitrogens is 3. The summed E-state index contributed by atoms with van der Waals surface area (Å²) in [6, 6.07) is 10.9. The third-order valence-electron chi connectivity index (χ3n) is 6.81. The number of sulfonamides is 1. The average Bonchev–Trinajstić information content (AvgIpc) is 3.15. The number of hydrogen-bond donors (Lipinski definition) is 1. The van der Waals surface area contributed by atoms with Crippen LogP contribution in [0.3, 0.4) is 0 Å². The Hall–Kier alpha value is -3.12. The molecule has 5 rings (SSSR count). The van der Waals surface area contributed by atoms with Crippen molar-refractivity contribution >= 4 is 61.6 Å². The highest BCUT2D eigenvalue weighted by molar-refractivity contribution is 7.93. The number of esters is 1. The van der Waals surface area contributed by atoms with Gasteiger partial charge in [-0.25, -0.2) is 8.42 Å². The molecule has 1 N–H and O–H groups in total. The Balaban J connectivity index is 1.45. The van der Waals surface area contributed by atoms with Gasteiger partial charge in [0.25, 0.3) is 0 Å². The van der Waals surface area contributed by atoms with Gasteiger partial charge in [0.1, 0.15) is 11.8 Å². The Kier molecular flexibility index (Phi) is 8.65. The number of halogens is 2. The summed E-state index contributed by atoms with van der Waals surface area (Å²) >= 11 is 12.3. The molecule has 0 saturated carbocycles. The van der Waals surface area contributed by atoms with Gasteiger partial charge in [0.05, 0.1) is 17.8 Å². The molecule has 0 bridgehead atoms. The smallest absolute Gasteiger partial charge is 0.326 e. The van der Waals surface area contributed by atoms with Crippen LogP contribution >= 0.6 is 23.2 Å². The predicted molar refractivity (Wildman–Crippen MR) is 158 cm³/mol. The van der Waals surface area contributed by atoms with Crippen molar-refractivity contribution < 1.29 is 17.9 Å². The van der Waals surface area contributed by atoms with Crippen LogP contribution in [0.2, 0.25) is 0 Å². The number of anilines is 2. The minimum atomic E-state index is -4.08. The monoisotopic (exact) mass is 604 g/mol. The molecule has 0 amide bonds. The number of carbonyl (C=O) groups is 1. The molecular weight excluding hydrogens is 575 g/mol. The third-order valence-corrected chi connectivity index (χ3v) is 9.33. The fourth-order valence-corrected chi connectivity index (χ4v) is 7.39. The summed E-state index contributed by atoms with van der Waals surface area (Å²) in [4.78, 5) is 14.7. The summed E-state index contributed by atoms with van der Waals surface area (Å²) < 4.78 is 35.6. The van der Waals surface area contributed by atoms with Gasteiger partial charge in [0.2, 0.25) is 10.0 Å². The maximum Gasteiger partial charge on any atom is 0.326 e. The summed E-state index contributed by atoms with van der Waals surface area (Å²) in [5, 5.41) is 12.6. The lowest BCUT2D eigenvalue weighted by Gasteiger charge is -2.28. The van der Waals surface area contributed by atoms with Crippen molar-refractivity contribution in [2.24, 2.45) is 0 Å². The van der Waals surface area contributed by atoms with Crippen LogP contribution in [0.5, 0.6) is 0 Å². The van der Waals surface area contributed by atoms with Crippen molar-refractivity contribution in [1.29, 1.82) is 0 Å². The molecule has 2 aromatic heterocycles. The molecule has 0 spiro atoms. The molecule has 1 aliphatic heterocycles. The van der Waals surface area contributed by atoms with Crippen LogP contribution in [0.25, 0.3) is 16.7 Å². The molecule has 1 unspecified atom stereocenters. The molecule has 1 atom stereocenters. The second kappa shape index (κ2) is 12.2. The third kappa shape index (κ3) is 6.12. The van der Waals surface area contributed by atoms with Crippen LogP contribution in [-0.2, 0) is 19.6 Å². The molecule has 10 nitrogen and oxygen atoms in total. The second-order valence-electron chi connectivity index (χ2n) is 9.51. The van der Waals surface area contributed by atoms with E-state index >= 15 is 0 Å². The molecule has 1 aromatic carbocycles. The number of fused-ring (bicyclic) bond motifs is 1. The van der Waals surface area contributed by atoms with Crippen molar-refractivity contribution in [1.82, 2.24) is 20.1 Å². The van der Waals surface area contributed by atoms with E-state index in [-0.39, 0.29) is 18.1 Å². The van der Waals surface area contributed by atoms with Crippen molar-refractivity contribution in [3.63, 3.8) is 0 Å².